The Bertz CT molecular complexity index is 853. The van der Waals surface area contributed by atoms with E-state index >= 15 is 0 Å². The van der Waals surface area contributed by atoms with E-state index in [0.717, 1.165) is 54.4 Å². The maximum atomic E-state index is 12.7. The highest BCUT2D eigenvalue weighted by molar-refractivity contribution is 5.91. The van der Waals surface area contributed by atoms with Crippen LogP contribution in [0.25, 0.3) is 11.0 Å². The van der Waals surface area contributed by atoms with Gasteiger partial charge in [0.05, 0.1) is 0 Å². The lowest BCUT2D eigenvalue weighted by molar-refractivity contribution is 0.495. The molecule has 0 saturated carbocycles. The lowest BCUT2D eigenvalue weighted by Crippen LogP contribution is -2.34. The minimum Gasteiger partial charge on any atom is -0.422 e. The minimum atomic E-state index is -0.196. The number of benzene rings is 1. The predicted molar refractivity (Wildman–Crippen MR) is 94.8 cm³/mol. The molecule has 0 N–H and O–H groups in total. The Morgan fingerprint density at radius 3 is 2.52 bits per heavy atom. The van der Waals surface area contributed by atoms with Crippen LogP contribution in [0.5, 0.6) is 0 Å². The molecule has 2 aliphatic heterocycles. The van der Waals surface area contributed by atoms with Crippen molar-refractivity contribution in [3.05, 3.63) is 38.7 Å². The molecule has 122 valence electrons. The fourth-order valence-corrected chi connectivity index (χ4v) is 4.53. The van der Waals surface area contributed by atoms with Crippen molar-refractivity contribution >= 4 is 16.7 Å². The SMILES string of the molecule is Cc1c(C(C)(C)C)c(=O)oc2c3c4c(cc12)CCCN4CCC3. The molecule has 0 saturated heterocycles. The van der Waals surface area contributed by atoms with E-state index in [1.807, 2.05) is 0 Å². The third kappa shape index (κ3) is 2.13. The van der Waals surface area contributed by atoms with Gasteiger partial charge in [-0.25, -0.2) is 4.79 Å². The monoisotopic (exact) mass is 311 g/mol. The van der Waals surface area contributed by atoms with Crippen LogP contribution in [-0.4, -0.2) is 13.1 Å². The van der Waals surface area contributed by atoms with Gasteiger partial charge in [-0.15, -0.1) is 0 Å². The van der Waals surface area contributed by atoms with E-state index < -0.39 is 0 Å². The van der Waals surface area contributed by atoms with Gasteiger partial charge in [0.1, 0.15) is 5.58 Å². The Balaban J connectivity index is 2.11. The summed E-state index contributed by atoms with van der Waals surface area (Å²) in [6.45, 7) is 10.6. The standard InChI is InChI=1S/C20H25NO2/c1-12-15-11-13-7-5-9-21-10-6-8-14(17(13)21)18(15)23-19(22)16(12)20(2,3)4/h11H,5-10H2,1-4H3. The smallest absolute Gasteiger partial charge is 0.340 e. The predicted octanol–water partition coefficient (Wildman–Crippen LogP) is 4.10. The van der Waals surface area contributed by atoms with Crippen molar-refractivity contribution in [3.63, 3.8) is 0 Å². The first kappa shape index (κ1) is 14.8. The van der Waals surface area contributed by atoms with E-state index in [4.69, 9.17) is 4.42 Å². The second-order valence-electron chi connectivity index (χ2n) is 8.07. The van der Waals surface area contributed by atoms with Crippen molar-refractivity contribution in [2.75, 3.05) is 18.0 Å². The number of nitrogens with zero attached hydrogens (tertiary/aromatic N) is 1. The molecule has 0 amide bonds. The fourth-order valence-electron chi connectivity index (χ4n) is 4.53. The van der Waals surface area contributed by atoms with Gasteiger partial charge in [0, 0.05) is 35.3 Å². The van der Waals surface area contributed by atoms with Crippen LogP contribution in [-0.2, 0) is 18.3 Å². The van der Waals surface area contributed by atoms with Crippen molar-refractivity contribution in [3.8, 4) is 0 Å². The Hall–Kier alpha value is -1.77. The molecular weight excluding hydrogens is 286 g/mol. The largest absolute Gasteiger partial charge is 0.422 e. The molecule has 1 aromatic heterocycles. The summed E-state index contributed by atoms with van der Waals surface area (Å²) in [7, 11) is 0. The van der Waals surface area contributed by atoms with Crippen LogP contribution < -0.4 is 10.5 Å². The summed E-state index contributed by atoms with van der Waals surface area (Å²) >= 11 is 0. The second-order valence-corrected chi connectivity index (χ2v) is 8.07. The summed E-state index contributed by atoms with van der Waals surface area (Å²) in [5, 5.41) is 1.15. The number of aryl methyl sites for hydroxylation is 3. The van der Waals surface area contributed by atoms with Gasteiger partial charge in [-0.1, -0.05) is 20.8 Å². The van der Waals surface area contributed by atoms with Crippen LogP contribution in [0.1, 0.15) is 55.9 Å². The van der Waals surface area contributed by atoms with Crippen LogP contribution in [0.4, 0.5) is 5.69 Å². The highest BCUT2D eigenvalue weighted by atomic mass is 16.4. The van der Waals surface area contributed by atoms with Crippen LogP contribution in [0, 0.1) is 6.92 Å². The molecule has 3 nitrogen and oxygen atoms in total. The Morgan fingerprint density at radius 2 is 1.83 bits per heavy atom. The van der Waals surface area contributed by atoms with Crippen molar-refractivity contribution in [2.45, 2.75) is 58.8 Å². The van der Waals surface area contributed by atoms with Crippen LogP contribution in [0.3, 0.4) is 0 Å². The molecule has 3 heteroatoms. The van der Waals surface area contributed by atoms with E-state index in [-0.39, 0.29) is 11.0 Å². The van der Waals surface area contributed by atoms with E-state index in [1.165, 1.54) is 23.2 Å². The Kier molecular flexibility index (Phi) is 3.13. The number of fused-ring (bicyclic) bond motifs is 2. The van der Waals surface area contributed by atoms with Gasteiger partial charge in [-0.3, -0.25) is 0 Å². The summed E-state index contributed by atoms with van der Waals surface area (Å²) in [6.07, 6.45) is 4.53. The maximum absolute atomic E-state index is 12.7. The third-order valence-corrected chi connectivity index (χ3v) is 5.40. The topological polar surface area (TPSA) is 33.5 Å². The first-order valence-corrected chi connectivity index (χ1v) is 8.75. The van der Waals surface area contributed by atoms with Crippen LogP contribution in [0.15, 0.2) is 15.3 Å². The molecule has 0 aliphatic carbocycles. The molecule has 2 aliphatic rings. The lowest BCUT2D eigenvalue weighted by atomic mass is 9.82. The number of hydrogen-bond donors (Lipinski definition) is 0. The first-order valence-electron chi connectivity index (χ1n) is 8.75. The Morgan fingerprint density at radius 1 is 1.13 bits per heavy atom. The summed E-state index contributed by atoms with van der Waals surface area (Å²) < 4.78 is 5.89. The zero-order valence-corrected chi connectivity index (χ0v) is 14.6. The average Bonchev–Trinajstić information content (AvgIpc) is 2.48. The molecule has 4 rings (SSSR count). The zero-order chi connectivity index (χ0) is 16.4. The lowest BCUT2D eigenvalue weighted by Gasteiger charge is -2.37. The Labute approximate surface area is 137 Å². The van der Waals surface area contributed by atoms with E-state index in [9.17, 15) is 4.79 Å². The quantitative estimate of drug-likeness (QED) is 0.687. The van der Waals surface area contributed by atoms with E-state index in [0.29, 0.717) is 0 Å². The van der Waals surface area contributed by atoms with E-state index in [1.54, 1.807) is 0 Å². The highest BCUT2D eigenvalue weighted by Gasteiger charge is 2.30. The van der Waals surface area contributed by atoms with Crippen LogP contribution >= 0.6 is 0 Å². The third-order valence-electron chi connectivity index (χ3n) is 5.40. The molecule has 0 radical (unpaired) electrons. The van der Waals surface area contributed by atoms with Gasteiger partial charge in [-0.05, 0) is 55.2 Å². The summed E-state index contributed by atoms with van der Waals surface area (Å²) in [6, 6.07) is 2.29. The van der Waals surface area contributed by atoms with Crippen molar-refractivity contribution < 1.29 is 4.42 Å². The van der Waals surface area contributed by atoms with Gasteiger partial charge < -0.3 is 9.32 Å². The molecule has 0 bridgehead atoms. The molecule has 2 aromatic rings. The molecule has 0 unspecified atom stereocenters. The molecule has 1 aromatic carbocycles. The summed E-state index contributed by atoms with van der Waals surface area (Å²) in [5.74, 6) is 0. The van der Waals surface area contributed by atoms with Gasteiger partial charge in [0.25, 0.3) is 0 Å². The van der Waals surface area contributed by atoms with Gasteiger partial charge >= 0.3 is 5.63 Å². The van der Waals surface area contributed by atoms with Gasteiger partial charge in [0.2, 0.25) is 0 Å². The minimum absolute atomic E-state index is 0.161. The average molecular weight is 311 g/mol. The second kappa shape index (κ2) is 4.86. The molecule has 0 atom stereocenters. The normalized spacial score (nSPS) is 17.5. The van der Waals surface area contributed by atoms with E-state index in [2.05, 4.69) is 38.7 Å². The first-order chi connectivity index (χ1) is 10.9. The number of hydrogen-bond acceptors (Lipinski definition) is 3. The molecule has 0 fully saturated rings. The zero-order valence-electron chi connectivity index (χ0n) is 14.6. The number of rotatable bonds is 0. The molecular formula is C20H25NO2. The maximum Gasteiger partial charge on any atom is 0.340 e. The van der Waals surface area contributed by atoms with Crippen molar-refractivity contribution in [1.29, 1.82) is 0 Å². The van der Waals surface area contributed by atoms with Gasteiger partial charge in [-0.2, -0.15) is 0 Å². The van der Waals surface area contributed by atoms with Crippen molar-refractivity contribution in [2.24, 2.45) is 0 Å². The summed E-state index contributed by atoms with van der Waals surface area (Å²) in [4.78, 5) is 15.1. The fraction of sp³-hybridized carbons (Fsp3) is 0.550. The van der Waals surface area contributed by atoms with Crippen LogP contribution in [0.2, 0.25) is 0 Å². The molecule has 23 heavy (non-hydrogen) atoms. The molecule has 0 spiro atoms. The summed E-state index contributed by atoms with van der Waals surface area (Å²) in [5.41, 5.74) is 6.47. The van der Waals surface area contributed by atoms with Crippen molar-refractivity contribution in [1.82, 2.24) is 0 Å². The molecule has 3 heterocycles. The van der Waals surface area contributed by atoms with Gasteiger partial charge in [0.15, 0.2) is 0 Å². The number of anilines is 1. The highest BCUT2D eigenvalue weighted by Crippen LogP contribution is 2.41.